The van der Waals surface area contributed by atoms with Gasteiger partial charge in [-0.25, -0.2) is 4.79 Å². The van der Waals surface area contributed by atoms with Crippen molar-refractivity contribution in [1.29, 1.82) is 0 Å². The molecule has 0 fully saturated rings. The van der Waals surface area contributed by atoms with Crippen LogP contribution in [-0.2, 0) is 25.6 Å². The Kier molecular flexibility index (Phi) is 12.0. The molecule has 7 heteroatoms. The van der Waals surface area contributed by atoms with Crippen LogP contribution in [0.25, 0.3) is 0 Å². The van der Waals surface area contributed by atoms with E-state index < -0.39 is 11.4 Å². The number of ether oxygens (including phenoxy) is 2. The third-order valence-electron chi connectivity index (χ3n) is 3.36. The fourth-order valence-corrected chi connectivity index (χ4v) is 3.97. The number of benzene rings is 1. The molecule has 1 N–H and O–H groups in total. The Morgan fingerprint density at radius 1 is 1.28 bits per heavy atom. The summed E-state index contributed by atoms with van der Waals surface area (Å²) in [6, 6.07) is 7.91. The second kappa shape index (κ2) is 13.5. The Bertz CT molecular complexity index is 484. The monoisotopic (exact) mass is 387 g/mol. The molecule has 0 radical (unpaired) electrons. The van der Waals surface area contributed by atoms with Gasteiger partial charge in [-0.1, -0.05) is 32.4 Å². The number of esters is 1. The van der Waals surface area contributed by atoms with Crippen molar-refractivity contribution in [2.75, 3.05) is 31.3 Å². The van der Waals surface area contributed by atoms with Crippen molar-refractivity contribution in [2.45, 2.75) is 44.6 Å². The number of hydrogen-bond acceptors (Lipinski definition) is 6. The van der Waals surface area contributed by atoms with E-state index in [4.69, 9.17) is 9.47 Å². The fraction of sp³-hybridized carbons (Fsp3) is 0.611. The summed E-state index contributed by atoms with van der Waals surface area (Å²) in [6.07, 6.45) is 1.91. The first-order valence-electron chi connectivity index (χ1n) is 8.71. The SMILES string of the molecule is CCCC[S@@+]([O-])N[C@@H](COCC(=O)OCC)c1ccc(SCC)cc1. The van der Waals surface area contributed by atoms with Crippen LogP contribution in [0.2, 0.25) is 0 Å². The lowest BCUT2D eigenvalue weighted by molar-refractivity contribution is -0.148. The molecule has 0 bridgehead atoms. The van der Waals surface area contributed by atoms with Crippen molar-refractivity contribution in [3.63, 3.8) is 0 Å². The summed E-state index contributed by atoms with van der Waals surface area (Å²) < 4.78 is 25.6. The maximum Gasteiger partial charge on any atom is 0.332 e. The fourth-order valence-electron chi connectivity index (χ4n) is 2.12. The molecule has 0 spiro atoms. The van der Waals surface area contributed by atoms with Crippen LogP contribution in [0, 0.1) is 0 Å². The molecule has 2 atom stereocenters. The molecule has 1 aromatic carbocycles. The van der Waals surface area contributed by atoms with Crippen LogP contribution in [0.5, 0.6) is 0 Å². The minimum absolute atomic E-state index is 0.0998. The molecule has 0 aliphatic heterocycles. The first-order chi connectivity index (χ1) is 12.1. The maximum absolute atomic E-state index is 12.2. The molecule has 0 aliphatic rings. The first kappa shape index (κ1) is 22.3. The summed E-state index contributed by atoms with van der Waals surface area (Å²) in [4.78, 5) is 12.6. The van der Waals surface area contributed by atoms with Gasteiger partial charge in [0.25, 0.3) is 0 Å². The molecule has 0 aliphatic carbocycles. The van der Waals surface area contributed by atoms with Crippen molar-refractivity contribution < 1.29 is 18.8 Å². The minimum Gasteiger partial charge on any atom is -0.598 e. The number of thioether (sulfide) groups is 1. The highest BCUT2D eigenvalue weighted by molar-refractivity contribution is 7.99. The molecule has 0 amide bonds. The van der Waals surface area contributed by atoms with Crippen LogP contribution in [0.3, 0.4) is 0 Å². The lowest BCUT2D eigenvalue weighted by atomic mass is 10.1. The van der Waals surface area contributed by atoms with Gasteiger partial charge in [0.2, 0.25) is 0 Å². The zero-order valence-electron chi connectivity index (χ0n) is 15.3. The molecule has 142 valence electrons. The predicted octanol–water partition coefficient (Wildman–Crippen LogP) is 3.47. The van der Waals surface area contributed by atoms with Gasteiger partial charge in [0.05, 0.1) is 13.2 Å². The number of carbonyl (C=O) groups excluding carboxylic acids is 1. The number of nitrogens with one attached hydrogen (secondary N) is 1. The second-order valence-electron chi connectivity index (χ2n) is 5.40. The summed E-state index contributed by atoms with van der Waals surface area (Å²) in [7, 11) is 0. The average molecular weight is 388 g/mol. The number of hydrogen-bond donors (Lipinski definition) is 1. The van der Waals surface area contributed by atoms with Gasteiger partial charge >= 0.3 is 5.97 Å². The molecular weight excluding hydrogens is 358 g/mol. The number of carbonyl (C=O) groups is 1. The van der Waals surface area contributed by atoms with Crippen LogP contribution in [-0.4, -0.2) is 41.8 Å². The Balaban J connectivity index is 2.67. The van der Waals surface area contributed by atoms with Gasteiger partial charge in [0.15, 0.2) is 0 Å². The summed E-state index contributed by atoms with van der Waals surface area (Å²) in [6.45, 7) is 6.44. The average Bonchev–Trinajstić information content (AvgIpc) is 2.60. The van der Waals surface area contributed by atoms with E-state index in [0.29, 0.717) is 12.4 Å². The maximum atomic E-state index is 12.2. The van der Waals surface area contributed by atoms with Crippen LogP contribution < -0.4 is 4.72 Å². The Labute approximate surface area is 158 Å². The van der Waals surface area contributed by atoms with Crippen LogP contribution in [0.4, 0.5) is 0 Å². The van der Waals surface area contributed by atoms with Crippen molar-refractivity contribution in [2.24, 2.45) is 0 Å². The van der Waals surface area contributed by atoms with E-state index in [1.165, 1.54) is 4.90 Å². The van der Waals surface area contributed by atoms with Gasteiger partial charge in [0, 0.05) is 16.3 Å². The van der Waals surface area contributed by atoms with Gasteiger partial charge in [-0.2, -0.15) is 0 Å². The molecule has 1 aromatic rings. The highest BCUT2D eigenvalue weighted by atomic mass is 32.2. The molecule has 0 saturated heterocycles. The minimum atomic E-state index is -1.13. The zero-order chi connectivity index (χ0) is 18.5. The van der Waals surface area contributed by atoms with E-state index in [1.807, 2.05) is 12.1 Å². The van der Waals surface area contributed by atoms with Gasteiger partial charge < -0.3 is 14.0 Å². The Morgan fingerprint density at radius 2 is 2.00 bits per heavy atom. The highest BCUT2D eigenvalue weighted by Gasteiger charge is 2.19. The molecule has 1 rings (SSSR count). The van der Waals surface area contributed by atoms with Crippen LogP contribution in [0.1, 0.15) is 45.2 Å². The van der Waals surface area contributed by atoms with E-state index in [9.17, 15) is 9.35 Å². The van der Waals surface area contributed by atoms with E-state index in [-0.39, 0.29) is 25.2 Å². The Morgan fingerprint density at radius 3 is 2.60 bits per heavy atom. The largest absolute Gasteiger partial charge is 0.598 e. The summed E-state index contributed by atoms with van der Waals surface area (Å²) >= 11 is 0.647. The zero-order valence-corrected chi connectivity index (χ0v) is 16.9. The first-order valence-corrected chi connectivity index (χ1v) is 11.0. The third kappa shape index (κ3) is 9.51. The van der Waals surface area contributed by atoms with Gasteiger partial charge in [-0.15, -0.1) is 16.5 Å². The quantitative estimate of drug-likeness (QED) is 0.317. The van der Waals surface area contributed by atoms with Gasteiger partial charge in [-0.3, -0.25) is 0 Å². The van der Waals surface area contributed by atoms with E-state index in [2.05, 4.69) is 30.7 Å². The van der Waals surface area contributed by atoms with Crippen molar-refractivity contribution in [1.82, 2.24) is 4.72 Å². The van der Waals surface area contributed by atoms with E-state index in [1.54, 1.807) is 18.7 Å². The smallest absolute Gasteiger partial charge is 0.332 e. The molecule has 0 unspecified atom stereocenters. The predicted molar refractivity (Wildman–Crippen MR) is 104 cm³/mol. The molecule has 5 nitrogen and oxygen atoms in total. The van der Waals surface area contributed by atoms with Crippen molar-refractivity contribution in [3.05, 3.63) is 29.8 Å². The molecular formula is C18H29NO4S2. The van der Waals surface area contributed by atoms with Crippen molar-refractivity contribution in [3.8, 4) is 0 Å². The summed E-state index contributed by atoms with van der Waals surface area (Å²) in [5, 5.41) is 0. The third-order valence-corrected chi connectivity index (χ3v) is 5.46. The lowest BCUT2D eigenvalue weighted by Gasteiger charge is -2.21. The lowest BCUT2D eigenvalue weighted by Crippen LogP contribution is -2.34. The number of rotatable bonds is 13. The normalized spacial score (nSPS) is 13.4. The molecule has 0 heterocycles. The van der Waals surface area contributed by atoms with Gasteiger partial charge in [-0.05, 0) is 36.8 Å². The number of unbranched alkanes of at least 4 members (excludes halogenated alkanes) is 1. The van der Waals surface area contributed by atoms with Gasteiger partial charge in [0.1, 0.15) is 18.4 Å². The second-order valence-corrected chi connectivity index (χ2v) is 8.07. The highest BCUT2D eigenvalue weighted by Crippen LogP contribution is 2.22. The van der Waals surface area contributed by atoms with E-state index in [0.717, 1.165) is 24.2 Å². The molecule has 0 aromatic heterocycles. The standard InChI is InChI=1S/C18H29NO4S2/c1-4-7-12-25(21)19-17(13-22-14-18(20)23-5-2)15-8-10-16(11-9-15)24-6-3/h8-11,17,19H,4-7,12-14H2,1-3H3/t17-,25+/m0/s1. The molecule has 0 saturated carbocycles. The summed E-state index contributed by atoms with van der Waals surface area (Å²) in [5.74, 6) is 1.24. The summed E-state index contributed by atoms with van der Waals surface area (Å²) in [5.41, 5.74) is 0.995. The van der Waals surface area contributed by atoms with Crippen LogP contribution in [0.15, 0.2) is 29.2 Å². The molecule has 25 heavy (non-hydrogen) atoms. The van der Waals surface area contributed by atoms with Crippen molar-refractivity contribution >= 4 is 29.1 Å². The topological polar surface area (TPSA) is 70.6 Å². The van der Waals surface area contributed by atoms with E-state index >= 15 is 0 Å². The van der Waals surface area contributed by atoms with Crippen LogP contribution >= 0.6 is 11.8 Å². The Hall–Kier alpha value is -0.730.